The molecule has 2 fully saturated rings. The number of benzene rings is 1. The molecule has 1 saturated heterocycles. The van der Waals surface area contributed by atoms with Gasteiger partial charge in [0.2, 0.25) is 5.91 Å². The summed E-state index contributed by atoms with van der Waals surface area (Å²) in [4.78, 5) is 17.1. The summed E-state index contributed by atoms with van der Waals surface area (Å²) in [7, 11) is 0. The van der Waals surface area contributed by atoms with Crippen LogP contribution in [0.25, 0.3) is 0 Å². The quantitative estimate of drug-likeness (QED) is 0.923. The normalized spacial score (nSPS) is 26.3. The highest BCUT2D eigenvalue weighted by molar-refractivity contribution is 6.30. The van der Waals surface area contributed by atoms with E-state index in [1.165, 1.54) is 5.56 Å². The van der Waals surface area contributed by atoms with Gasteiger partial charge in [0, 0.05) is 49.7 Å². The first-order valence-electron chi connectivity index (χ1n) is 8.63. The van der Waals surface area contributed by atoms with Crippen LogP contribution in [0, 0.1) is 5.92 Å². The Bertz CT molecular complexity index is 534. The molecule has 5 heteroatoms. The highest BCUT2D eigenvalue weighted by atomic mass is 35.5. The van der Waals surface area contributed by atoms with Gasteiger partial charge in [-0.15, -0.1) is 0 Å². The monoisotopic (exact) mass is 335 g/mol. The van der Waals surface area contributed by atoms with Gasteiger partial charge in [-0.25, -0.2) is 0 Å². The van der Waals surface area contributed by atoms with Crippen molar-refractivity contribution in [3.8, 4) is 0 Å². The molecule has 1 saturated carbocycles. The number of carbonyl (C=O) groups excluding carboxylic acids is 1. The van der Waals surface area contributed by atoms with Gasteiger partial charge in [-0.2, -0.15) is 0 Å². The van der Waals surface area contributed by atoms with E-state index in [1.807, 2.05) is 12.1 Å². The summed E-state index contributed by atoms with van der Waals surface area (Å²) in [6.07, 6.45) is 3.86. The van der Waals surface area contributed by atoms with Crippen molar-refractivity contribution in [2.24, 2.45) is 11.7 Å². The molecule has 2 aliphatic rings. The van der Waals surface area contributed by atoms with Gasteiger partial charge in [-0.3, -0.25) is 9.69 Å². The molecule has 0 radical (unpaired) electrons. The molecule has 2 atom stereocenters. The molecule has 0 unspecified atom stereocenters. The second-order valence-corrected chi connectivity index (χ2v) is 7.29. The summed E-state index contributed by atoms with van der Waals surface area (Å²) in [5, 5.41) is 0.774. The zero-order valence-electron chi connectivity index (χ0n) is 13.6. The Morgan fingerprint density at radius 2 is 1.91 bits per heavy atom. The second kappa shape index (κ2) is 7.65. The van der Waals surface area contributed by atoms with E-state index in [4.69, 9.17) is 17.3 Å². The fraction of sp³-hybridized carbons (Fsp3) is 0.611. The van der Waals surface area contributed by atoms with Crippen molar-refractivity contribution in [2.45, 2.75) is 38.3 Å². The Labute approximate surface area is 143 Å². The number of nitrogens with zero attached hydrogens (tertiary/aromatic N) is 2. The summed E-state index contributed by atoms with van der Waals surface area (Å²) >= 11 is 5.94. The van der Waals surface area contributed by atoms with Gasteiger partial charge < -0.3 is 10.6 Å². The van der Waals surface area contributed by atoms with Gasteiger partial charge in [0.25, 0.3) is 0 Å². The Balaban J connectivity index is 1.52. The lowest BCUT2D eigenvalue weighted by Crippen LogP contribution is -2.38. The van der Waals surface area contributed by atoms with Gasteiger partial charge in [0.1, 0.15) is 0 Å². The van der Waals surface area contributed by atoms with E-state index in [0.29, 0.717) is 5.91 Å². The van der Waals surface area contributed by atoms with Crippen LogP contribution in [0.4, 0.5) is 0 Å². The van der Waals surface area contributed by atoms with Gasteiger partial charge in [-0.1, -0.05) is 23.7 Å². The lowest BCUT2D eigenvalue weighted by molar-refractivity contribution is -0.135. The average Bonchev–Trinajstić information content (AvgIpc) is 2.84. The maximum atomic E-state index is 12.6. The van der Waals surface area contributed by atoms with Gasteiger partial charge in [0.15, 0.2) is 0 Å². The lowest BCUT2D eigenvalue weighted by atomic mass is 10.1. The topological polar surface area (TPSA) is 49.6 Å². The van der Waals surface area contributed by atoms with Crippen molar-refractivity contribution in [1.82, 2.24) is 9.80 Å². The third-order valence-electron chi connectivity index (χ3n) is 5.04. The minimum Gasteiger partial charge on any atom is -0.341 e. The Morgan fingerprint density at radius 1 is 1.13 bits per heavy atom. The molecule has 0 aromatic heterocycles. The van der Waals surface area contributed by atoms with E-state index in [9.17, 15) is 4.79 Å². The first-order valence-corrected chi connectivity index (χ1v) is 9.01. The summed E-state index contributed by atoms with van der Waals surface area (Å²) in [5.74, 6) is 0.485. The smallest absolute Gasteiger partial charge is 0.225 e. The van der Waals surface area contributed by atoms with Crippen molar-refractivity contribution in [2.75, 3.05) is 26.2 Å². The molecule has 1 amide bonds. The zero-order chi connectivity index (χ0) is 16.2. The van der Waals surface area contributed by atoms with Crippen LogP contribution in [0.15, 0.2) is 24.3 Å². The van der Waals surface area contributed by atoms with Crippen LogP contribution >= 0.6 is 11.6 Å². The van der Waals surface area contributed by atoms with Crippen LogP contribution < -0.4 is 5.73 Å². The highest BCUT2D eigenvalue weighted by Gasteiger charge is 2.31. The van der Waals surface area contributed by atoms with E-state index in [-0.39, 0.29) is 12.0 Å². The maximum absolute atomic E-state index is 12.6. The molecule has 1 aromatic rings. The number of rotatable bonds is 3. The molecule has 2 N–H and O–H groups in total. The van der Waals surface area contributed by atoms with Crippen LogP contribution in [-0.4, -0.2) is 47.9 Å². The SMILES string of the molecule is N[C@@H]1CC[C@@H](C(=O)N2CCCN(Cc3ccc(Cl)cc3)CC2)C1. The predicted octanol–water partition coefficient (Wildman–Crippen LogP) is 2.50. The average molecular weight is 336 g/mol. The fourth-order valence-corrected chi connectivity index (χ4v) is 3.82. The Hall–Kier alpha value is -1.10. The fourth-order valence-electron chi connectivity index (χ4n) is 3.70. The maximum Gasteiger partial charge on any atom is 0.225 e. The molecule has 1 heterocycles. The van der Waals surface area contributed by atoms with Crippen LogP contribution in [0.5, 0.6) is 0 Å². The number of halogens is 1. The Kier molecular flexibility index (Phi) is 5.57. The van der Waals surface area contributed by atoms with Crippen molar-refractivity contribution < 1.29 is 4.79 Å². The number of amides is 1. The number of hydrogen-bond acceptors (Lipinski definition) is 3. The third kappa shape index (κ3) is 4.46. The summed E-state index contributed by atoms with van der Waals surface area (Å²) in [6.45, 7) is 4.61. The summed E-state index contributed by atoms with van der Waals surface area (Å²) < 4.78 is 0. The highest BCUT2D eigenvalue weighted by Crippen LogP contribution is 2.26. The second-order valence-electron chi connectivity index (χ2n) is 6.85. The van der Waals surface area contributed by atoms with E-state index >= 15 is 0 Å². The molecule has 126 valence electrons. The number of carbonyl (C=O) groups is 1. The standard InChI is InChI=1S/C18H26ClN3O/c19-16-5-2-14(3-6-16)13-21-8-1-9-22(11-10-21)18(23)15-4-7-17(20)12-15/h2-3,5-6,15,17H,1,4,7-13,20H2/t15-,17-/m1/s1. The molecule has 3 rings (SSSR count). The predicted molar refractivity (Wildman–Crippen MR) is 93.2 cm³/mol. The minimum absolute atomic E-state index is 0.160. The largest absolute Gasteiger partial charge is 0.341 e. The van der Waals surface area contributed by atoms with E-state index in [1.54, 1.807) is 0 Å². The van der Waals surface area contributed by atoms with Crippen LogP contribution in [0.3, 0.4) is 0 Å². The lowest BCUT2D eigenvalue weighted by Gasteiger charge is -2.24. The molecule has 23 heavy (non-hydrogen) atoms. The zero-order valence-corrected chi connectivity index (χ0v) is 14.3. The van der Waals surface area contributed by atoms with E-state index < -0.39 is 0 Å². The molecular weight excluding hydrogens is 310 g/mol. The van der Waals surface area contributed by atoms with Crippen molar-refractivity contribution >= 4 is 17.5 Å². The van der Waals surface area contributed by atoms with E-state index in [2.05, 4.69) is 21.9 Å². The molecule has 1 aliphatic carbocycles. The van der Waals surface area contributed by atoms with Crippen molar-refractivity contribution in [1.29, 1.82) is 0 Å². The van der Waals surface area contributed by atoms with Crippen LogP contribution in [0.1, 0.15) is 31.2 Å². The first-order chi connectivity index (χ1) is 11.1. The summed E-state index contributed by atoms with van der Waals surface area (Å²) in [5.41, 5.74) is 7.23. The summed E-state index contributed by atoms with van der Waals surface area (Å²) in [6, 6.07) is 8.26. The Morgan fingerprint density at radius 3 is 2.61 bits per heavy atom. The molecule has 4 nitrogen and oxygen atoms in total. The van der Waals surface area contributed by atoms with Gasteiger partial charge >= 0.3 is 0 Å². The first kappa shape index (κ1) is 16.7. The molecule has 0 bridgehead atoms. The van der Waals surface area contributed by atoms with E-state index in [0.717, 1.165) is 63.4 Å². The molecule has 1 aliphatic heterocycles. The van der Waals surface area contributed by atoms with Crippen LogP contribution in [0.2, 0.25) is 5.02 Å². The molecule has 1 aromatic carbocycles. The number of nitrogens with two attached hydrogens (primary N) is 1. The van der Waals surface area contributed by atoms with Gasteiger partial charge in [0.05, 0.1) is 0 Å². The molecule has 0 spiro atoms. The molecular formula is C18H26ClN3O. The number of hydrogen-bond donors (Lipinski definition) is 1. The third-order valence-corrected chi connectivity index (χ3v) is 5.29. The van der Waals surface area contributed by atoms with Crippen molar-refractivity contribution in [3.05, 3.63) is 34.9 Å². The van der Waals surface area contributed by atoms with Crippen molar-refractivity contribution in [3.63, 3.8) is 0 Å². The van der Waals surface area contributed by atoms with Crippen LogP contribution in [-0.2, 0) is 11.3 Å². The van der Waals surface area contributed by atoms with Gasteiger partial charge in [-0.05, 0) is 43.4 Å². The minimum atomic E-state index is 0.160.